The summed E-state index contributed by atoms with van der Waals surface area (Å²) in [7, 11) is 0. The van der Waals surface area contributed by atoms with Gasteiger partial charge < -0.3 is 15.0 Å². The average molecular weight is 343 g/mol. The largest absolute Gasteiger partial charge is 0.444 e. The molecule has 1 aliphatic rings. The SMILES string of the molecule is CC(C)(C)OC(=O)N1C[C@@H](NCCCCC#N)[C@H](c2ccccc2)C1. The molecular formula is C20H29N3O2. The van der Waals surface area contributed by atoms with E-state index in [9.17, 15) is 4.79 Å². The van der Waals surface area contributed by atoms with Crippen molar-refractivity contribution in [3.8, 4) is 6.07 Å². The molecule has 1 heterocycles. The standard InChI is InChI=1S/C20H29N3O2/c1-20(2,3)25-19(24)23-14-17(16-10-6-4-7-11-16)18(15-23)22-13-9-5-8-12-21/h4,6-7,10-11,17-18,22H,5,8-9,13-15H2,1-3H3/t17-,18+/m0/s1. The van der Waals surface area contributed by atoms with Gasteiger partial charge in [0.15, 0.2) is 0 Å². The van der Waals surface area contributed by atoms with Crippen molar-refractivity contribution in [2.75, 3.05) is 19.6 Å². The summed E-state index contributed by atoms with van der Waals surface area (Å²) >= 11 is 0. The van der Waals surface area contributed by atoms with Crippen LogP contribution in [0.4, 0.5) is 4.79 Å². The zero-order valence-corrected chi connectivity index (χ0v) is 15.5. The number of ether oxygens (including phenoxy) is 1. The van der Waals surface area contributed by atoms with Crippen LogP contribution in [-0.2, 0) is 4.74 Å². The van der Waals surface area contributed by atoms with Crippen molar-refractivity contribution in [3.05, 3.63) is 35.9 Å². The maximum Gasteiger partial charge on any atom is 0.410 e. The molecule has 0 unspecified atom stereocenters. The summed E-state index contributed by atoms with van der Waals surface area (Å²) in [6, 6.07) is 12.7. The highest BCUT2D eigenvalue weighted by atomic mass is 16.6. The van der Waals surface area contributed by atoms with E-state index in [1.807, 2.05) is 39.0 Å². The predicted octanol–water partition coefficient (Wildman–Crippen LogP) is 3.67. The summed E-state index contributed by atoms with van der Waals surface area (Å²) in [4.78, 5) is 14.2. The van der Waals surface area contributed by atoms with E-state index in [4.69, 9.17) is 10.00 Å². The highest BCUT2D eigenvalue weighted by Gasteiger charge is 2.37. The number of nitrogens with one attached hydrogen (secondary N) is 1. The van der Waals surface area contributed by atoms with E-state index < -0.39 is 5.60 Å². The molecule has 0 aromatic heterocycles. The summed E-state index contributed by atoms with van der Waals surface area (Å²) in [6.45, 7) is 7.83. The quantitative estimate of drug-likeness (QED) is 0.800. The maximum absolute atomic E-state index is 12.4. The molecule has 0 radical (unpaired) electrons. The van der Waals surface area contributed by atoms with E-state index in [0.717, 1.165) is 19.4 Å². The molecule has 25 heavy (non-hydrogen) atoms. The third kappa shape index (κ3) is 6.06. The Labute approximate surface area is 151 Å². The van der Waals surface area contributed by atoms with Crippen molar-refractivity contribution in [2.45, 2.75) is 57.6 Å². The predicted molar refractivity (Wildman–Crippen MR) is 98.2 cm³/mol. The Morgan fingerprint density at radius 2 is 2.00 bits per heavy atom. The second kappa shape index (κ2) is 8.87. The number of benzene rings is 1. The lowest BCUT2D eigenvalue weighted by molar-refractivity contribution is 0.0289. The molecule has 5 heteroatoms. The number of amides is 1. The van der Waals surface area contributed by atoms with Crippen LogP contribution in [0.1, 0.15) is 51.5 Å². The molecule has 1 amide bonds. The van der Waals surface area contributed by atoms with E-state index in [1.165, 1.54) is 5.56 Å². The van der Waals surface area contributed by atoms with Crippen molar-refractivity contribution < 1.29 is 9.53 Å². The van der Waals surface area contributed by atoms with Gasteiger partial charge in [0.2, 0.25) is 0 Å². The lowest BCUT2D eigenvalue weighted by atomic mass is 9.94. The Morgan fingerprint density at radius 3 is 2.64 bits per heavy atom. The van der Waals surface area contributed by atoms with Gasteiger partial charge in [-0.1, -0.05) is 30.3 Å². The first-order chi connectivity index (χ1) is 11.9. The Balaban J connectivity index is 2.00. The molecule has 1 aromatic rings. The first kappa shape index (κ1) is 19.3. The minimum absolute atomic E-state index is 0.206. The topological polar surface area (TPSA) is 65.4 Å². The number of carbonyl (C=O) groups excluding carboxylic acids is 1. The molecule has 0 saturated carbocycles. The third-order valence-electron chi connectivity index (χ3n) is 4.32. The molecular weight excluding hydrogens is 314 g/mol. The zero-order chi connectivity index (χ0) is 18.3. The Bertz CT molecular complexity index is 589. The van der Waals surface area contributed by atoms with Crippen LogP contribution in [0.3, 0.4) is 0 Å². The minimum Gasteiger partial charge on any atom is -0.444 e. The summed E-state index contributed by atoms with van der Waals surface area (Å²) in [5.74, 6) is 0.254. The van der Waals surface area contributed by atoms with Crippen LogP contribution in [0.15, 0.2) is 30.3 Å². The van der Waals surface area contributed by atoms with Gasteiger partial charge in [-0.15, -0.1) is 0 Å². The molecule has 2 atom stereocenters. The minimum atomic E-state index is -0.484. The molecule has 1 N–H and O–H groups in total. The van der Waals surface area contributed by atoms with Gasteiger partial charge in [-0.25, -0.2) is 4.79 Å². The third-order valence-corrected chi connectivity index (χ3v) is 4.32. The molecule has 2 rings (SSSR count). The van der Waals surface area contributed by atoms with Gasteiger partial charge in [0.05, 0.1) is 6.07 Å². The smallest absolute Gasteiger partial charge is 0.410 e. The van der Waals surface area contributed by atoms with Crippen molar-refractivity contribution in [1.82, 2.24) is 10.2 Å². The molecule has 0 spiro atoms. The molecule has 1 fully saturated rings. The van der Waals surface area contributed by atoms with E-state index in [-0.39, 0.29) is 18.1 Å². The highest BCUT2D eigenvalue weighted by Crippen LogP contribution is 2.28. The number of nitrogens with zero attached hydrogens (tertiary/aromatic N) is 2. The molecule has 0 aliphatic carbocycles. The summed E-state index contributed by atoms with van der Waals surface area (Å²) in [5.41, 5.74) is 0.755. The van der Waals surface area contributed by atoms with E-state index >= 15 is 0 Å². The Hall–Kier alpha value is -2.06. The average Bonchev–Trinajstić information content (AvgIpc) is 2.98. The summed E-state index contributed by atoms with van der Waals surface area (Å²) in [5, 5.41) is 12.2. The highest BCUT2D eigenvalue weighted by molar-refractivity contribution is 5.69. The van der Waals surface area contributed by atoms with Gasteiger partial charge in [-0.3, -0.25) is 0 Å². The van der Waals surface area contributed by atoms with Crippen LogP contribution in [0.25, 0.3) is 0 Å². The molecule has 1 saturated heterocycles. The number of carbonyl (C=O) groups is 1. The zero-order valence-electron chi connectivity index (χ0n) is 15.5. The van der Waals surface area contributed by atoms with Gasteiger partial charge in [0.1, 0.15) is 5.60 Å². The number of unbranched alkanes of at least 4 members (excludes halogenated alkanes) is 2. The molecule has 1 aliphatic heterocycles. The van der Waals surface area contributed by atoms with Gasteiger partial charge in [-0.2, -0.15) is 5.26 Å². The number of hydrogen-bond donors (Lipinski definition) is 1. The van der Waals surface area contributed by atoms with E-state index in [2.05, 4.69) is 23.5 Å². The number of rotatable bonds is 6. The van der Waals surface area contributed by atoms with Crippen LogP contribution in [0.5, 0.6) is 0 Å². The van der Waals surface area contributed by atoms with E-state index in [0.29, 0.717) is 19.5 Å². The van der Waals surface area contributed by atoms with Gasteiger partial charge in [0, 0.05) is 31.5 Å². The van der Waals surface area contributed by atoms with Crippen LogP contribution >= 0.6 is 0 Å². The van der Waals surface area contributed by atoms with Crippen LogP contribution in [-0.4, -0.2) is 42.3 Å². The van der Waals surface area contributed by atoms with Crippen molar-refractivity contribution in [2.24, 2.45) is 0 Å². The fourth-order valence-corrected chi connectivity index (χ4v) is 3.14. The second-order valence-corrected chi connectivity index (χ2v) is 7.58. The monoisotopic (exact) mass is 343 g/mol. The van der Waals surface area contributed by atoms with Crippen molar-refractivity contribution >= 4 is 6.09 Å². The molecule has 5 nitrogen and oxygen atoms in total. The Kier molecular flexibility index (Phi) is 6.83. The van der Waals surface area contributed by atoms with Crippen LogP contribution in [0, 0.1) is 11.3 Å². The number of likely N-dealkylation sites (tertiary alicyclic amines) is 1. The first-order valence-corrected chi connectivity index (χ1v) is 9.04. The number of hydrogen-bond acceptors (Lipinski definition) is 4. The van der Waals surface area contributed by atoms with Crippen molar-refractivity contribution in [3.63, 3.8) is 0 Å². The van der Waals surface area contributed by atoms with Gasteiger partial charge in [0.25, 0.3) is 0 Å². The lowest BCUT2D eigenvalue weighted by Gasteiger charge is -2.24. The molecule has 136 valence electrons. The molecule has 0 bridgehead atoms. The first-order valence-electron chi connectivity index (χ1n) is 9.04. The van der Waals surface area contributed by atoms with Gasteiger partial charge >= 0.3 is 6.09 Å². The van der Waals surface area contributed by atoms with Crippen LogP contribution < -0.4 is 5.32 Å². The van der Waals surface area contributed by atoms with E-state index in [1.54, 1.807) is 4.90 Å². The fraction of sp³-hybridized carbons (Fsp3) is 0.600. The van der Waals surface area contributed by atoms with Crippen LogP contribution in [0.2, 0.25) is 0 Å². The lowest BCUT2D eigenvalue weighted by Crippen LogP contribution is -2.39. The number of nitriles is 1. The summed E-state index contributed by atoms with van der Waals surface area (Å²) < 4.78 is 5.53. The van der Waals surface area contributed by atoms with Gasteiger partial charge in [-0.05, 0) is 45.7 Å². The second-order valence-electron chi connectivity index (χ2n) is 7.58. The Morgan fingerprint density at radius 1 is 1.28 bits per heavy atom. The normalized spacial score (nSPS) is 20.3. The fourth-order valence-electron chi connectivity index (χ4n) is 3.14. The molecule has 1 aromatic carbocycles. The van der Waals surface area contributed by atoms with Crippen molar-refractivity contribution in [1.29, 1.82) is 5.26 Å². The summed E-state index contributed by atoms with van der Waals surface area (Å²) in [6.07, 6.45) is 2.22. The maximum atomic E-state index is 12.4.